The molecule has 1 aromatic heterocycles. The summed E-state index contributed by atoms with van der Waals surface area (Å²) < 4.78 is 5.96. The zero-order valence-electron chi connectivity index (χ0n) is 25.2. The van der Waals surface area contributed by atoms with Crippen LogP contribution in [0, 0.1) is 24.2 Å². The van der Waals surface area contributed by atoms with Crippen LogP contribution in [0.1, 0.15) is 77.4 Å². The van der Waals surface area contributed by atoms with Gasteiger partial charge in [-0.2, -0.15) is 0 Å². The van der Waals surface area contributed by atoms with Crippen molar-refractivity contribution in [2.45, 2.75) is 104 Å². The number of aromatic nitrogens is 1. The average Bonchev–Trinajstić information content (AvgIpc) is 3.39. The highest BCUT2D eigenvalue weighted by molar-refractivity contribution is 7.09. The van der Waals surface area contributed by atoms with E-state index in [1.807, 2.05) is 56.1 Å². The van der Waals surface area contributed by atoms with E-state index in [9.17, 15) is 24.6 Å². The quantitative estimate of drug-likeness (QED) is 0.413. The Bertz CT molecular complexity index is 1100. The molecule has 10 heteroatoms. The fourth-order valence-corrected chi connectivity index (χ4v) is 6.39. The van der Waals surface area contributed by atoms with Crippen LogP contribution in [0.5, 0.6) is 0 Å². The number of likely N-dealkylation sites (N-methyl/N-ethyl adjacent to an activating group) is 1. The highest BCUT2D eigenvalue weighted by Gasteiger charge is 2.51. The number of amides is 1. The number of hydrogen-bond acceptors (Lipinski definition) is 9. The van der Waals surface area contributed by atoms with Gasteiger partial charge in [0, 0.05) is 17.7 Å². The van der Waals surface area contributed by atoms with E-state index in [0.29, 0.717) is 19.4 Å². The van der Waals surface area contributed by atoms with Crippen molar-refractivity contribution in [3.8, 4) is 0 Å². The van der Waals surface area contributed by atoms with Crippen LogP contribution in [0.15, 0.2) is 11.0 Å². The predicted octanol–water partition coefficient (Wildman–Crippen LogP) is 3.46. The van der Waals surface area contributed by atoms with Gasteiger partial charge in [-0.25, -0.2) is 4.98 Å². The smallest absolute Gasteiger partial charge is 0.309 e. The normalized spacial score (nSPS) is 32.5. The number of aliphatic hydroxyl groups is 2. The monoisotopic (exact) mass is 577 g/mol. The van der Waals surface area contributed by atoms with Gasteiger partial charge in [0.2, 0.25) is 5.91 Å². The van der Waals surface area contributed by atoms with Gasteiger partial charge in [0.15, 0.2) is 0 Å². The van der Waals surface area contributed by atoms with Crippen LogP contribution in [0.25, 0.3) is 6.08 Å². The van der Waals surface area contributed by atoms with E-state index in [-0.39, 0.29) is 36.1 Å². The summed E-state index contributed by atoms with van der Waals surface area (Å²) in [5.41, 5.74) is 0.344. The minimum Gasteiger partial charge on any atom is -0.458 e. The molecule has 40 heavy (non-hydrogen) atoms. The molecule has 2 aliphatic rings. The first kappa shape index (κ1) is 32.4. The van der Waals surface area contributed by atoms with Gasteiger partial charge < -0.3 is 24.7 Å². The Balaban J connectivity index is 1.93. The van der Waals surface area contributed by atoms with Gasteiger partial charge in [0.1, 0.15) is 11.9 Å². The molecular formula is C30H47N3O6S. The maximum atomic E-state index is 13.3. The molecular weight excluding hydrogens is 530 g/mol. The Labute approximate surface area is 242 Å². The molecule has 0 radical (unpaired) electrons. The summed E-state index contributed by atoms with van der Waals surface area (Å²) >= 11 is 1.54. The maximum absolute atomic E-state index is 13.3. The number of ketones is 1. The molecule has 2 N–H and O–H groups in total. The van der Waals surface area contributed by atoms with Crippen molar-refractivity contribution in [1.82, 2.24) is 14.8 Å². The second-order valence-corrected chi connectivity index (χ2v) is 13.6. The number of nitrogens with zero attached hydrogens (tertiary/aromatic N) is 3. The number of fused-ring (bicyclic) bond motifs is 1. The van der Waals surface area contributed by atoms with Gasteiger partial charge in [-0.15, -0.1) is 11.3 Å². The largest absolute Gasteiger partial charge is 0.458 e. The van der Waals surface area contributed by atoms with E-state index in [1.165, 1.54) is 11.3 Å². The van der Waals surface area contributed by atoms with Gasteiger partial charge >= 0.3 is 5.97 Å². The van der Waals surface area contributed by atoms with E-state index < -0.39 is 35.6 Å². The van der Waals surface area contributed by atoms with Crippen LogP contribution < -0.4 is 0 Å². The van der Waals surface area contributed by atoms with Crippen molar-refractivity contribution in [2.24, 2.45) is 17.3 Å². The fraction of sp³-hybridized carbons (Fsp3) is 0.733. The fourth-order valence-electron chi connectivity index (χ4n) is 5.82. The summed E-state index contributed by atoms with van der Waals surface area (Å²) in [6, 6.07) is -0.0652. The lowest BCUT2D eigenvalue weighted by atomic mass is 9.73. The van der Waals surface area contributed by atoms with Crippen molar-refractivity contribution in [3.05, 3.63) is 21.7 Å². The molecule has 2 unspecified atom stereocenters. The number of ether oxygens (including phenoxy) is 1. The third-order valence-electron chi connectivity index (χ3n) is 8.55. The molecule has 0 bridgehead atoms. The molecule has 3 rings (SSSR count). The van der Waals surface area contributed by atoms with Crippen LogP contribution in [-0.4, -0.2) is 93.7 Å². The molecule has 224 valence electrons. The van der Waals surface area contributed by atoms with E-state index >= 15 is 0 Å². The van der Waals surface area contributed by atoms with Crippen molar-refractivity contribution in [2.75, 3.05) is 20.6 Å². The number of thiazole rings is 1. The topological polar surface area (TPSA) is 120 Å². The lowest BCUT2D eigenvalue weighted by molar-refractivity contribution is -0.154. The summed E-state index contributed by atoms with van der Waals surface area (Å²) in [6.07, 6.45) is 1.49. The van der Waals surface area contributed by atoms with Crippen molar-refractivity contribution >= 4 is 35.1 Å². The second-order valence-electron chi connectivity index (χ2n) is 12.6. The maximum Gasteiger partial charge on any atom is 0.309 e. The minimum atomic E-state index is -1.27. The number of carbonyl (C=O) groups excluding carboxylic acids is 3. The molecule has 0 aromatic carbocycles. The summed E-state index contributed by atoms with van der Waals surface area (Å²) in [6.45, 7) is 11.0. The van der Waals surface area contributed by atoms with Crippen LogP contribution in [0.4, 0.5) is 0 Å². The number of aryl methyl sites for hydroxylation is 1. The number of carbonyl (C=O) groups is 3. The first-order chi connectivity index (χ1) is 18.6. The van der Waals surface area contributed by atoms with Gasteiger partial charge in [0.25, 0.3) is 0 Å². The summed E-state index contributed by atoms with van der Waals surface area (Å²) in [7, 11) is 3.72. The molecule has 7 atom stereocenters. The van der Waals surface area contributed by atoms with Gasteiger partial charge in [0.05, 0.1) is 53.4 Å². The van der Waals surface area contributed by atoms with Gasteiger partial charge in [-0.05, 0) is 58.4 Å². The Morgan fingerprint density at radius 1 is 1.23 bits per heavy atom. The Morgan fingerprint density at radius 3 is 2.50 bits per heavy atom. The number of Topliss-reactive ketones (excluding diaryl/α,β-unsaturated/α-hetero) is 1. The van der Waals surface area contributed by atoms with Crippen LogP contribution in [0.2, 0.25) is 0 Å². The lowest BCUT2D eigenvalue weighted by Gasteiger charge is -2.34. The Morgan fingerprint density at radius 2 is 1.90 bits per heavy atom. The molecule has 1 aromatic rings. The van der Waals surface area contributed by atoms with Gasteiger partial charge in [-0.3, -0.25) is 14.4 Å². The molecule has 2 fully saturated rings. The molecule has 1 amide bonds. The number of esters is 1. The second kappa shape index (κ2) is 13.2. The number of aliphatic hydroxyl groups excluding tert-OH is 2. The molecule has 0 saturated carbocycles. The molecule has 9 nitrogen and oxygen atoms in total. The standard InChI is InChI=1S/C30H47N3O6S/c1-17-10-9-11-22-23(33(22)26(35)15-32(7)8)13-24(18(2)12-21-16-40-20(4)31-21)39-27(36)14-25(34)30(5,6)29(38)19(3)28(17)37/h12,16-17,19,22-25,28,34,37H,9-11,13-15H2,1-8H3/t17?,19-,22?,23+,24+,25+,28+,33?/m1/s1. The molecule has 2 aliphatic heterocycles. The summed E-state index contributed by atoms with van der Waals surface area (Å²) in [5.74, 6) is -1.70. The van der Waals surface area contributed by atoms with Crippen molar-refractivity contribution < 1.29 is 29.3 Å². The van der Waals surface area contributed by atoms with E-state index in [4.69, 9.17) is 4.74 Å². The van der Waals surface area contributed by atoms with Gasteiger partial charge in [-0.1, -0.05) is 34.1 Å². The van der Waals surface area contributed by atoms with Crippen LogP contribution in [0.3, 0.4) is 0 Å². The zero-order valence-corrected chi connectivity index (χ0v) is 26.0. The summed E-state index contributed by atoms with van der Waals surface area (Å²) in [4.78, 5) is 47.8. The molecule has 3 heterocycles. The lowest BCUT2D eigenvalue weighted by Crippen LogP contribution is -2.45. The first-order valence-corrected chi connectivity index (χ1v) is 15.2. The third-order valence-corrected chi connectivity index (χ3v) is 9.35. The number of hydrogen-bond donors (Lipinski definition) is 2. The Kier molecular flexibility index (Phi) is 10.7. The van der Waals surface area contributed by atoms with Crippen LogP contribution >= 0.6 is 11.3 Å². The molecule has 0 spiro atoms. The van der Waals surface area contributed by atoms with E-state index in [1.54, 1.807) is 20.8 Å². The number of rotatable bonds is 4. The highest BCUT2D eigenvalue weighted by atomic mass is 32.1. The first-order valence-electron chi connectivity index (χ1n) is 14.3. The average molecular weight is 578 g/mol. The van der Waals surface area contributed by atoms with E-state index in [2.05, 4.69) is 4.98 Å². The minimum absolute atomic E-state index is 0.0174. The van der Waals surface area contributed by atoms with Crippen LogP contribution in [-0.2, 0) is 19.1 Å². The van der Waals surface area contributed by atoms with Crippen molar-refractivity contribution in [1.29, 1.82) is 0 Å². The molecule has 2 saturated heterocycles. The summed E-state index contributed by atoms with van der Waals surface area (Å²) in [5, 5.41) is 24.8. The van der Waals surface area contributed by atoms with Crippen molar-refractivity contribution in [3.63, 3.8) is 0 Å². The highest BCUT2D eigenvalue weighted by Crippen LogP contribution is 2.39. The molecule has 0 aliphatic carbocycles. The predicted molar refractivity (Wildman–Crippen MR) is 156 cm³/mol. The number of cyclic esters (lactones) is 1. The van der Waals surface area contributed by atoms with E-state index in [0.717, 1.165) is 29.1 Å². The third kappa shape index (κ3) is 7.78. The SMILES string of the molecule is CC(=Cc1csc(C)n1)[C@@H]1C[C@H]2C(CCCC(C)[C@H](O)[C@@H](C)C(=O)C(C)(C)[C@@H](O)CC(=O)O1)N2C(=O)CN(C)C. The Hall–Kier alpha value is -2.14. The zero-order chi connectivity index (χ0) is 29.9.